The highest BCUT2D eigenvalue weighted by Crippen LogP contribution is 2.28. The van der Waals surface area contributed by atoms with E-state index in [2.05, 4.69) is 74.7 Å². The van der Waals surface area contributed by atoms with Crippen molar-refractivity contribution in [1.29, 1.82) is 0 Å². The summed E-state index contributed by atoms with van der Waals surface area (Å²) >= 11 is 0. The highest BCUT2D eigenvalue weighted by atomic mass is 16.5. The second-order valence-corrected chi connectivity index (χ2v) is 8.62. The summed E-state index contributed by atoms with van der Waals surface area (Å²) in [5, 5.41) is 0. The molecule has 4 heteroatoms. The van der Waals surface area contributed by atoms with Crippen molar-refractivity contribution in [3.05, 3.63) is 89.2 Å². The van der Waals surface area contributed by atoms with Crippen LogP contribution in [-0.4, -0.2) is 16.2 Å². The Morgan fingerprint density at radius 3 is 2.47 bits per heavy atom. The van der Waals surface area contributed by atoms with E-state index in [9.17, 15) is 0 Å². The van der Waals surface area contributed by atoms with E-state index in [1.54, 1.807) is 0 Å². The van der Waals surface area contributed by atoms with Crippen LogP contribution in [0.5, 0.6) is 11.5 Å². The van der Waals surface area contributed by atoms with Crippen molar-refractivity contribution in [2.24, 2.45) is 0 Å². The van der Waals surface area contributed by atoms with E-state index >= 15 is 0 Å². The van der Waals surface area contributed by atoms with Gasteiger partial charge in [0.05, 0.1) is 17.6 Å². The first-order chi connectivity index (χ1) is 15.5. The first kappa shape index (κ1) is 21.9. The Hall–Kier alpha value is -3.27. The van der Waals surface area contributed by atoms with Crippen LogP contribution in [0.15, 0.2) is 66.7 Å². The topological polar surface area (TPSA) is 36.3 Å². The Balaban J connectivity index is 1.49. The molecule has 0 aliphatic heterocycles. The van der Waals surface area contributed by atoms with Crippen LogP contribution in [-0.2, 0) is 13.2 Å². The first-order valence-electron chi connectivity index (χ1n) is 11.4. The van der Waals surface area contributed by atoms with Crippen LogP contribution in [0.25, 0.3) is 11.0 Å². The summed E-state index contributed by atoms with van der Waals surface area (Å²) < 4.78 is 14.6. The van der Waals surface area contributed by atoms with E-state index in [0.29, 0.717) is 19.1 Å². The summed E-state index contributed by atoms with van der Waals surface area (Å²) in [6, 6.07) is 22.9. The second-order valence-electron chi connectivity index (χ2n) is 8.62. The Bertz CT molecular complexity index is 1190. The maximum atomic E-state index is 6.31. The van der Waals surface area contributed by atoms with Gasteiger partial charge in [0.15, 0.2) is 0 Å². The molecule has 166 valence electrons. The van der Waals surface area contributed by atoms with Crippen LogP contribution >= 0.6 is 0 Å². The molecule has 0 atom stereocenters. The largest absolute Gasteiger partial charge is 0.493 e. The molecule has 0 fully saturated rings. The van der Waals surface area contributed by atoms with Gasteiger partial charge in [0.2, 0.25) is 0 Å². The average Bonchev–Trinajstić information content (AvgIpc) is 3.13. The predicted octanol–water partition coefficient (Wildman–Crippen LogP) is 6.82. The minimum absolute atomic E-state index is 0.406. The molecule has 3 aromatic carbocycles. The van der Waals surface area contributed by atoms with Gasteiger partial charge in [-0.15, -0.1) is 0 Å². The highest BCUT2D eigenvalue weighted by Gasteiger charge is 2.13. The molecule has 0 amide bonds. The normalized spacial score (nSPS) is 11.3. The van der Waals surface area contributed by atoms with Crippen molar-refractivity contribution in [2.75, 3.05) is 6.61 Å². The molecule has 4 rings (SSSR count). The number of imidazole rings is 1. The number of nitrogens with zero attached hydrogens (tertiary/aromatic N) is 2. The number of aromatic nitrogens is 2. The van der Waals surface area contributed by atoms with E-state index in [1.807, 2.05) is 24.3 Å². The fraction of sp³-hybridized carbons (Fsp3) is 0.321. The molecule has 0 unspecified atom stereocenters. The van der Waals surface area contributed by atoms with Crippen LogP contribution in [0, 0.1) is 13.8 Å². The Morgan fingerprint density at radius 1 is 0.875 bits per heavy atom. The fourth-order valence-corrected chi connectivity index (χ4v) is 3.99. The fourth-order valence-electron chi connectivity index (χ4n) is 3.99. The van der Waals surface area contributed by atoms with Crippen LogP contribution < -0.4 is 9.47 Å². The van der Waals surface area contributed by atoms with Gasteiger partial charge in [-0.2, -0.15) is 0 Å². The van der Waals surface area contributed by atoms with Crippen molar-refractivity contribution in [3.63, 3.8) is 0 Å². The third-order valence-corrected chi connectivity index (χ3v) is 5.76. The molecule has 4 nitrogen and oxygen atoms in total. The number of hydrogen-bond acceptors (Lipinski definition) is 3. The number of aryl methyl sites for hydroxylation is 3. The Morgan fingerprint density at radius 2 is 1.66 bits per heavy atom. The molecule has 0 spiro atoms. The summed E-state index contributed by atoms with van der Waals surface area (Å²) in [5.41, 5.74) is 5.72. The van der Waals surface area contributed by atoms with Crippen molar-refractivity contribution >= 4 is 11.0 Å². The molecule has 0 N–H and O–H groups in total. The second kappa shape index (κ2) is 9.90. The molecule has 0 bridgehead atoms. The van der Waals surface area contributed by atoms with Gasteiger partial charge in [0, 0.05) is 6.54 Å². The zero-order valence-corrected chi connectivity index (χ0v) is 19.5. The molecule has 1 heterocycles. The number of fused-ring (bicyclic) bond motifs is 1. The summed E-state index contributed by atoms with van der Waals surface area (Å²) in [7, 11) is 0. The van der Waals surface area contributed by atoms with Gasteiger partial charge in [-0.25, -0.2) is 4.98 Å². The lowest BCUT2D eigenvalue weighted by atomic mass is 10.0. The van der Waals surface area contributed by atoms with Gasteiger partial charge in [0.25, 0.3) is 0 Å². The van der Waals surface area contributed by atoms with Gasteiger partial charge in [-0.05, 0) is 67.1 Å². The third-order valence-electron chi connectivity index (χ3n) is 5.76. The van der Waals surface area contributed by atoms with E-state index in [-0.39, 0.29) is 0 Å². The smallest absolute Gasteiger partial charge is 0.148 e. The van der Waals surface area contributed by atoms with Gasteiger partial charge < -0.3 is 14.0 Å². The van der Waals surface area contributed by atoms with Gasteiger partial charge in [0.1, 0.15) is 23.9 Å². The zero-order chi connectivity index (χ0) is 22.5. The van der Waals surface area contributed by atoms with Gasteiger partial charge in [-0.3, -0.25) is 0 Å². The number of benzene rings is 3. The molecular weight excluding hydrogens is 396 g/mol. The zero-order valence-electron chi connectivity index (χ0n) is 19.5. The van der Waals surface area contributed by atoms with E-state index in [4.69, 9.17) is 14.5 Å². The summed E-state index contributed by atoms with van der Waals surface area (Å²) in [6.45, 7) is 10.5. The molecule has 0 saturated heterocycles. The highest BCUT2D eigenvalue weighted by molar-refractivity contribution is 5.75. The molecule has 1 aromatic heterocycles. The Kier molecular flexibility index (Phi) is 6.79. The predicted molar refractivity (Wildman–Crippen MR) is 131 cm³/mol. The number of hydrogen-bond donors (Lipinski definition) is 0. The minimum atomic E-state index is 0.406. The van der Waals surface area contributed by atoms with E-state index in [0.717, 1.165) is 46.9 Å². The number of ether oxygens (including phenoxy) is 2. The minimum Gasteiger partial charge on any atom is -0.493 e. The molecule has 0 aliphatic carbocycles. The van der Waals surface area contributed by atoms with Gasteiger partial charge >= 0.3 is 0 Å². The summed E-state index contributed by atoms with van der Waals surface area (Å²) in [5.74, 6) is 3.25. The van der Waals surface area contributed by atoms with Crippen molar-refractivity contribution < 1.29 is 9.47 Å². The molecule has 0 aliphatic rings. The molecule has 32 heavy (non-hydrogen) atoms. The van der Waals surface area contributed by atoms with Crippen LogP contribution in [0.4, 0.5) is 0 Å². The monoisotopic (exact) mass is 428 g/mol. The van der Waals surface area contributed by atoms with E-state index in [1.165, 1.54) is 11.1 Å². The van der Waals surface area contributed by atoms with Gasteiger partial charge in [-0.1, -0.05) is 56.3 Å². The quantitative estimate of drug-likeness (QED) is 0.274. The lowest BCUT2D eigenvalue weighted by molar-refractivity contribution is 0.277. The Labute approximate surface area is 190 Å². The standard InChI is InChI=1S/C28H32N2O2/c1-20(2)23-15-14-21(3)18-27(23)32-19-28-29-24-11-6-7-12-25(24)30(28)16-9-17-31-26-13-8-5-10-22(26)4/h5-8,10-15,18,20H,9,16-17,19H2,1-4H3. The van der Waals surface area contributed by atoms with Crippen molar-refractivity contribution in [1.82, 2.24) is 9.55 Å². The summed E-state index contributed by atoms with van der Waals surface area (Å²) in [4.78, 5) is 4.87. The van der Waals surface area contributed by atoms with E-state index < -0.39 is 0 Å². The first-order valence-corrected chi connectivity index (χ1v) is 11.4. The molecule has 0 radical (unpaired) electrons. The third kappa shape index (κ3) is 4.96. The molecular formula is C28H32N2O2. The SMILES string of the molecule is Cc1ccc(C(C)C)c(OCc2nc3ccccc3n2CCCOc2ccccc2C)c1. The lowest BCUT2D eigenvalue weighted by Gasteiger charge is -2.16. The number of para-hydroxylation sites is 3. The number of rotatable bonds is 9. The maximum absolute atomic E-state index is 6.31. The summed E-state index contributed by atoms with van der Waals surface area (Å²) in [6.07, 6.45) is 0.892. The van der Waals surface area contributed by atoms with Crippen LogP contribution in [0.3, 0.4) is 0 Å². The molecule has 4 aromatic rings. The van der Waals surface area contributed by atoms with Crippen LogP contribution in [0.2, 0.25) is 0 Å². The van der Waals surface area contributed by atoms with Crippen molar-refractivity contribution in [3.8, 4) is 11.5 Å². The molecule has 0 saturated carbocycles. The average molecular weight is 429 g/mol. The van der Waals surface area contributed by atoms with Crippen LogP contribution in [0.1, 0.15) is 48.7 Å². The van der Waals surface area contributed by atoms with Crippen molar-refractivity contribution in [2.45, 2.75) is 53.2 Å². The maximum Gasteiger partial charge on any atom is 0.148 e. The lowest BCUT2D eigenvalue weighted by Crippen LogP contribution is -2.11.